The second-order valence-electron chi connectivity index (χ2n) is 8.10. The molecule has 0 bridgehead atoms. The molecular formula is C23H22FN7S. The van der Waals surface area contributed by atoms with E-state index in [1.165, 1.54) is 24.0 Å². The summed E-state index contributed by atoms with van der Waals surface area (Å²) in [7, 11) is 2.15. The normalized spacial score (nSPS) is 15.3. The molecule has 0 amide bonds. The smallest absolute Gasteiger partial charge is 0.141 e. The molecule has 0 atom stereocenters. The first kappa shape index (κ1) is 20.7. The molecule has 0 spiro atoms. The highest BCUT2D eigenvalue weighted by atomic mass is 32.2. The SMILES string of the molecule is Cc1c(-c2cc(Sc3ccc(F)cn3)c3c(C#N)cnn3c2)cnn1C1CCN(C)CC1. The van der Waals surface area contributed by atoms with Crippen molar-refractivity contribution in [2.45, 2.75) is 35.7 Å². The number of nitriles is 1. The molecular weight excluding hydrogens is 425 g/mol. The first-order chi connectivity index (χ1) is 15.5. The van der Waals surface area contributed by atoms with Crippen molar-refractivity contribution in [3.63, 3.8) is 0 Å². The van der Waals surface area contributed by atoms with Crippen LogP contribution in [0.25, 0.3) is 16.6 Å². The van der Waals surface area contributed by atoms with Crippen LogP contribution in [0.15, 0.2) is 52.9 Å². The Bertz CT molecular complexity index is 1310. The van der Waals surface area contributed by atoms with Gasteiger partial charge in [-0.15, -0.1) is 0 Å². The van der Waals surface area contributed by atoms with E-state index in [0.29, 0.717) is 22.1 Å². The third-order valence-electron chi connectivity index (χ3n) is 6.00. The van der Waals surface area contributed by atoms with Crippen molar-refractivity contribution in [3.8, 4) is 17.2 Å². The minimum atomic E-state index is -0.382. The lowest BCUT2D eigenvalue weighted by molar-refractivity contribution is 0.210. The van der Waals surface area contributed by atoms with Crippen LogP contribution in [-0.4, -0.2) is 49.4 Å². The van der Waals surface area contributed by atoms with E-state index in [4.69, 9.17) is 5.10 Å². The van der Waals surface area contributed by atoms with Crippen LogP contribution < -0.4 is 0 Å². The number of halogens is 1. The maximum atomic E-state index is 13.3. The summed E-state index contributed by atoms with van der Waals surface area (Å²) in [6, 6.07) is 7.66. The first-order valence-corrected chi connectivity index (χ1v) is 11.3. The first-order valence-electron chi connectivity index (χ1n) is 10.5. The summed E-state index contributed by atoms with van der Waals surface area (Å²) in [6.45, 7) is 4.24. The van der Waals surface area contributed by atoms with Gasteiger partial charge in [-0.05, 0) is 58.1 Å². The summed E-state index contributed by atoms with van der Waals surface area (Å²) in [4.78, 5) is 7.35. The number of pyridine rings is 2. The predicted molar refractivity (Wildman–Crippen MR) is 120 cm³/mol. The molecule has 4 aromatic heterocycles. The average molecular weight is 448 g/mol. The molecule has 7 nitrogen and oxygen atoms in total. The number of rotatable bonds is 4. The monoisotopic (exact) mass is 447 g/mol. The lowest BCUT2D eigenvalue weighted by Gasteiger charge is -2.29. The van der Waals surface area contributed by atoms with E-state index < -0.39 is 0 Å². The van der Waals surface area contributed by atoms with Gasteiger partial charge in [0, 0.05) is 27.9 Å². The van der Waals surface area contributed by atoms with Gasteiger partial charge < -0.3 is 4.90 Å². The van der Waals surface area contributed by atoms with Crippen molar-refractivity contribution in [1.29, 1.82) is 5.26 Å². The number of fused-ring (bicyclic) bond motifs is 1. The Morgan fingerprint density at radius 2 is 1.97 bits per heavy atom. The van der Waals surface area contributed by atoms with E-state index in [2.05, 4.69) is 39.7 Å². The largest absolute Gasteiger partial charge is 0.306 e. The van der Waals surface area contributed by atoms with Crippen molar-refractivity contribution in [2.24, 2.45) is 0 Å². The number of hydrogen-bond donors (Lipinski definition) is 0. The highest BCUT2D eigenvalue weighted by Gasteiger charge is 2.22. The minimum absolute atomic E-state index is 0.382. The number of likely N-dealkylation sites (tertiary alicyclic amines) is 1. The number of nitrogens with zero attached hydrogens (tertiary/aromatic N) is 7. The van der Waals surface area contributed by atoms with Gasteiger partial charge in [-0.3, -0.25) is 4.68 Å². The Morgan fingerprint density at radius 1 is 1.16 bits per heavy atom. The zero-order valence-electron chi connectivity index (χ0n) is 17.9. The van der Waals surface area contributed by atoms with E-state index >= 15 is 0 Å². The fraction of sp³-hybridized carbons (Fsp3) is 0.304. The van der Waals surface area contributed by atoms with Gasteiger partial charge >= 0.3 is 0 Å². The fourth-order valence-corrected chi connectivity index (χ4v) is 5.19. The van der Waals surface area contributed by atoms with Crippen LogP contribution in [0.5, 0.6) is 0 Å². The van der Waals surface area contributed by atoms with Crippen molar-refractivity contribution in [1.82, 2.24) is 29.3 Å². The molecule has 162 valence electrons. The molecule has 0 N–H and O–H groups in total. The van der Waals surface area contributed by atoms with Crippen LogP contribution in [0, 0.1) is 24.1 Å². The summed E-state index contributed by atoms with van der Waals surface area (Å²) < 4.78 is 17.2. The molecule has 0 aliphatic carbocycles. The third-order valence-corrected chi connectivity index (χ3v) is 6.98. The predicted octanol–water partition coefficient (Wildman–Crippen LogP) is 4.33. The molecule has 32 heavy (non-hydrogen) atoms. The summed E-state index contributed by atoms with van der Waals surface area (Å²) >= 11 is 1.39. The molecule has 0 aromatic carbocycles. The molecule has 0 saturated carbocycles. The molecule has 1 aliphatic heterocycles. The number of piperidine rings is 1. The zero-order chi connectivity index (χ0) is 22.2. The Balaban J connectivity index is 1.57. The van der Waals surface area contributed by atoms with Crippen LogP contribution in [0.3, 0.4) is 0 Å². The Morgan fingerprint density at radius 3 is 2.69 bits per heavy atom. The number of hydrogen-bond acceptors (Lipinski definition) is 6. The summed E-state index contributed by atoms with van der Waals surface area (Å²) in [5.41, 5.74) is 4.31. The van der Waals surface area contributed by atoms with Crippen LogP contribution in [-0.2, 0) is 0 Å². The Labute approximate surface area is 189 Å². The molecule has 0 radical (unpaired) electrons. The van der Waals surface area contributed by atoms with Gasteiger partial charge in [-0.25, -0.2) is 13.9 Å². The van der Waals surface area contributed by atoms with E-state index in [0.717, 1.165) is 47.6 Å². The summed E-state index contributed by atoms with van der Waals surface area (Å²) in [5, 5.41) is 19.3. The van der Waals surface area contributed by atoms with Crippen molar-refractivity contribution < 1.29 is 4.39 Å². The van der Waals surface area contributed by atoms with Crippen molar-refractivity contribution in [3.05, 3.63) is 60.1 Å². The lowest BCUT2D eigenvalue weighted by Crippen LogP contribution is -2.32. The fourth-order valence-electron chi connectivity index (χ4n) is 4.24. The standard InChI is InChI=1S/C23H22FN7S/c1-15-20(13-28-31(15)19-5-7-29(2)8-6-19)16-9-21(32-22-4-3-18(24)12-26-22)23-17(10-25)11-27-30(23)14-16/h3-4,9,11-14,19H,5-8H2,1-2H3. The van der Waals surface area contributed by atoms with Gasteiger partial charge in [-0.1, -0.05) is 11.8 Å². The van der Waals surface area contributed by atoms with Gasteiger partial charge in [-0.2, -0.15) is 15.5 Å². The molecule has 9 heteroatoms. The Kier molecular flexibility index (Phi) is 5.41. The van der Waals surface area contributed by atoms with Gasteiger partial charge in [0.1, 0.15) is 16.9 Å². The lowest BCUT2D eigenvalue weighted by atomic mass is 10.0. The second-order valence-corrected chi connectivity index (χ2v) is 9.16. The quantitative estimate of drug-likeness (QED) is 0.464. The van der Waals surface area contributed by atoms with E-state index in [-0.39, 0.29) is 5.82 Å². The van der Waals surface area contributed by atoms with Crippen LogP contribution in [0.4, 0.5) is 4.39 Å². The zero-order valence-corrected chi connectivity index (χ0v) is 18.7. The topological polar surface area (TPSA) is 75.0 Å². The highest BCUT2D eigenvalue weighted by molar-refractivity contribution is 7.99. The van der Waals surface area contributed by atoms with Gasteiger partial charge in [0.25, 0.3) is 0 Å². The van der Waals surface area contributed by atoms with E-state index in [1.807, 2.05) is 18.5 Å². The molecule has 1 fully saturated rings. The molecule has 5 heterocycles. The molecule has 1 aliphatic rings. The number of aromatic nitrogens is 5. The van der Waals surface area contributed by atoms with E-state index in [9.17, 15) is 9.65 Å². The maximum Gasteiger partial charge on any atom is 0.141 e. The minimum Gasteiger partial charge on any atom is -0.306 e. The molecule has 5 rings (SSSR count). The van der Waals surface area contributed by atoms with E-state index in [1.54, 1.807) is 16.8 Å². The molecule has 4 aromatic rings. The third kappa shape index (κ3) is 3.76. The highest BCUT2D eigenvalue weighted by Crippen LogP contribution is 2.36. The Hall–Kier alpha value is -3.22. The van der Waals surface area contributed by atoms with Crippen LogP contribution in [0.2, 0.25) is 0 Å². The molecule has 1 saturated heterocycles. The van der Waals surface area contributed by atoms with Gasteiger partial charge in [0.05, 0.1) is 35.7 Å². The molecule has 0 unspecified atom stereocenters. The average Bonchev–Trinajstić information content (AvgIpc) is 3.39. The maximum absolute atomic E-state index is 13.3. The van der Waals surface area contributed by atoms with Gasteiger partial charge in [0.15, 0.2) is 0 Å². The van der Waals surface area contributed by atoms with Crippen molar-refractivity contribution in [2.75, 3.05) is 20.1 Å². The van der Waals surface area contributed by atoms with Crippen LogP contribution in [0.1, 0.15) is 30.1 Å². The second kappa shape index (κ2) is 8.37. The van der Waals surface area contributed by atoms with Crippen molar-refractivity contribution >= 4 is 17.3 Å². The summed E-state index contributed by atoms with van der Waals surface area (Å²) in [6.07, 6.45) is 8.77. The summed E-state index contributed by atoms with van der Waals surface area (Å²) in [5.74, 6) is -0.382. The van der Waals surface area contributed by atoms with Crippen LogP contribution >= 0.6 is 11.8 Å². The van der Waals surface area contributed by atoms with Gasteiger partial charge in [0.2, 0.25) is 0 Å².